The minimum atomic E-state index is 0.123. The van der Waals surface area contributed by atoms with Crippen molar-refractivity contribution in [1.29, 1.82) is 5.26 Å². The van der Waals surface area contributed by atoms with Crippen molar-refractivity contribution in [3.8, 4) is 6.07 Å². The fraction of sp³-hybridized carbons (Fsp3) is 0.909. The number of nitriles is 1. The second-order valence-electron chi connectivity index (χ2n) is 4.31. The predicted octanol–water partition coefficient (Wildman–Crippen LogP) is 1.31. The van der Waals surface area contributed by atoms with Gasteiger partial charge in [0.05, 0.1) is 12.1 Å². The van der Waals surface area contributed by atoms with Gasteiger partial charge >= 0.3 is 0 Å². The highest BCUT2D eigenvalue weighted by molar-refractivity contribution is 4.93. The fourth-order valence-electron chi connectivity index (χ4n) is 2.12. The van der Waals surface area contributed by atoms with Gasteiger partial charge in [0.1, 0.15) is 0 Å². The van der Waals surface area contributed by atoms with E-state index in [0.29, 0.717) is 6.04 Å². The molecule has 0 aromatic rings. The van der Waals surface area contributed by atoms with Gasteiger partial charge in [-0.15, -0.1) is 0 Å². The van der Waals surface area contributed by atoms with Crippen molar-refractivity contribution in [2.75, 3.05) is 27.2 Å². The standard InChI is InChI=1S/C11H21N3/c1-4-10(8-12)14-7-5-6-11(9-14)13(2)3/h10-11H,4-7,9H2,1-3H3. The van der Waals surface area contributed by atoms with Gasteiger partial charge < -0.3 is 4.90 Å². The summed E-state index contributed by atoms with van der Waals surface area (Å²) >= 11 is 0. The molecule has 3 nitrogen and oxygen atoms in total. The lowest BCUT2D eigenvalue weighted by molar-refractivity contribution is 0.113. The molecule has 1 rings (SSSR count). The molecule has 1 saturated heterocycles. The van der Waals surface area contributed by atoms with Crippen molar-refractivity contribution >= 4 is 0 Å². The molecule has 1 heterocycles. The van der Waals surface area contributed by atoms with Gasteiger partial charge in [-0.1, -0.05) is 6.92 Å². The molecule has 0 aliphatic carbocycles. The van der Waals surface area contributed by atoms with Gasteiger partial charge in [0.2, 0.25) is 0 Å². The lowest BCUT2D eigenvalue weighted by atomic mass is 10.0. The fourth-order valence-corrected chi connectivity index (χ4v) is 2.12. The second-order valence-corrected chi connectivity index (χ2v) is 4.31. The maximum atomic E-state index is 9.00. The van der Waals surface area contributed by atoms with Crippen LogP contribution < -0.4 is 0 Å². The van der Waals surface area contributed by atoms with E-state index >= 15 is 0 Å². The van der Waals surface area contributed by atoms with Crippen LogP contribution in [0.25, 0.3) is 0 Å². The summed E-state index contributed by atoms with van der Waals surface area (Å²) in [7, 11) is 4.25. The molecule has 2 atom stereocenters. The monoisotopic (exact) mass is 195 g/mol. The highest BCUT2D eigenvalue weighted by Crippen LogP contribution is 2.16. The summed E-state index contributed by atoms with van der Waals surface area (Å²) in [5.41, 5.74) is 0. The normalized spacial score (nSPS) is 26.1. The summed E-state index contributed by atoms with van der Waals surface area (Å²) in [6, 6.07) is 3.14. The van der Waals surface area contributed by atoms with Crippen molar-refractivity contribution in [3.05, 3.63) is 0 Å². The van der Waals surface area contributed by atoms with E-state index in [2.05, 4.69) is 36.9 Å². The third-order valence-electron chi connectivity index (χ3n) is 3.13. The van der Waals surface area contributed by atoms with E-state index < -0.39 is 0 Å². The Kier molecular flexibility index (Phi) is 4.37. The molecule has 0 N–H and O–H groups in total. The van der Waals surface area contributed by atoms with E-state index in [0.717, 1.165) is 19.5 Å². The summed E-state index contributed by atoms with van der Waals surface area (Å²) in [6.45, 7) is 4.24. The molecular weight excluding hydrogens is 174 g/mol. The molecular formula is C11H21N3. The first-order chi connectivity index (χ1) is 6.69. The number of likely N-dealkylation sites (N-methyl/N-ethyl adjacent to an activating group) is 1. The van der Waals surface area contributed by atoms with Crippen molar-refractivity contribution in [2.24, 2.45) is 0 Å². The second kappa shape index (κ2) is 5.33. The van der Waals surface area contributed by atoms with Crippen LogP contribution in [0.4, 0.5) is 0 Å². The van der Waals surface area contributed by atoms with E-state index in [1.54, 1.807) is 0 Å². The molecule has 0 spiro atoms. The highest BCUT2D eigenvalue weighted by Gasteiger charge is 2.25. The van der Waals surface area contributed by atoms with Gasteiger partial charge in [0.15, 0.2) is 0 Å². The van der Waals surface area contributed by atoms with Crippen molar-refractivity contribution < 1.29 is 0 Å². The zero-order valence-corrected chi connectivity index (χ0v) is 9.53. The van der Waals surface area contributed by atoms with Gasteiger partial charge in [0, 0.05) is 12.6 Å². The molecule has 3 heteroatoms. The van der Waals surface area contributed by atoms with Crippen LogP contribution >= 0.6 is 0 Å². The summed E-state index contributed by atoms with van der Waals surface area (Å²) < 4.78 is 0. The smallest absolute Gasteiger partial charge is 0.0975 e. The van der Waals surface area contributed by atoms with Crippen LogP contribution in [0.2, 0.25) is 0 Å². The average Bonchev–Trinajstić information content (AvgIpc) is 2.20. The quantitative estimate of drug-likeness (QED) is 0.680. The molecule has 0 aromatic carbocycles. The summed E-state index contributed by atoms with van der Waals surface area (Å²) in [4.78, 5) is 4.60. The van der Waals surface area contributed by atoms with Crippen LogP contribution in [0.1, 0.15) is 26.2 Å². The highest BCUT2D eigenvalue weighted by atomic mass is 15.2. The molecule has 0 aromatic heterocycles. The molecule has 2 unspecified atom stereocenters. The summed E-state index contributed by atoms with van der Waals surface area (Å²) in [5, 5.41) is 9.00. The number of piperidine rings is 1. The van der Waals surface area contributed by atoms with Crippen LogP contribution in [-0.4, -0.2) is 49.1 Å². The first kappa shape index (κ1) is 11.5. The van der Waals surface area contributed by atoms with Crippen molar-refractivity contribution in [1.82, 2.24) is 9.80 Å². The van der Waals surface area contributed by atoms with Crippen LogP contribution in [-0.2, 0) is 0 Å². The average molecular weight is 195 g/mol. The molecule has 0 bridgehead atoms. The SMILES string of the molecule is CCC(C#N)N1CCCC(N(C)C)C1. The molecule has 0 amide bonds. The van der Waals surface area contributed by atoms with Crippen LogP contribution in [0, 0.1) is 11.3 Å². The van der Waals surface area contributed by atoms with Gasteiger partial charge in [0.25, 0.3) is 0 Å². The van der Waals surface area contributed by atoms with Crippen molar-refractivity contribution in [2.45, 2.75) is 38.3 Å². The Labute approximate surface area is 87.3 Å². The van der Waals surface area contributed by atoms with Gasteiger partial charge in [-0.05, 0) is 39.9 Å². The van der Waals surface area contributed by atoms with Gasteiger partial charge in [-0.25, -0.2) is 0 Å². The third kappa shape index (κ3) is 2.70. The number of rotatable bonds is 3. The Balaban J connectivity index is 2.51. The minimum Gasteiger partial charge on any atom is -0.305 e. The lowest BCUT2D eigenvalue weighted by Gasteiger charge is -2.38. The molecule has 1 fully saturated rings. The van der Waals surface area contributed by atoms with E-state index in [1.807, 2.05) is 0 Å². The maximum absolute atomic E-state index is 9.00. The number of nitrogens with zero attached hydrogens (tertiary/aromatic N) is 3. The molecule has 1 aliphatic rings. The first-order valence-corrected chi connectivity index (χ1v) is 5.49. The minimum absolute atomic E-state index is 0.123. The molecule has 14 heavy (non-hydrogen) atoms. The maximum Gasteiger partial charge on any atom is 0.0975 e. The van der Waals surface area contributed by atoms with Crippen LogP contribution in [0.3, 0.4) is 0 Å². The van der Waals surface area contributed by atoms with E-state index in [1.165, 1.54) is 12.8 Å². The first-order valence-electron chi connectivity index (χ1n) is 5.49. The molecule has 1 aliphatic heterocycles. The zero-order chi connectivity index (χ0) is 10.6. The molecule has 0 saturated carbocycles. The number of hydrogen-bond acceptors (Lipinski definition) is 3. The van der Waals surface area contributed by atoms with Crippen LogP contribution in [0.5, 0.6) is 0 Å². The summed E-state index contributed by atoms with van der Waals surface area (Å²) in [6.07, 6.45) is 3.43. The van der Waals surface area contributed by atoms with E-state index in [4.69, 9.17) is 5.26 Å². The topological polar surface area (TPSA) is 30.3 Å². The number of hydrogen-bond donors (Lipinski definition) is 0. The Bertz CT molecular complexity index is 207. The number of likely N-dealkylation sites (tertiary alicyclic amines) is 1. The van der Waals surface area contributed by atoms with E-state index in [9.17, 15) is 0 Å². The van der Waals surface area contributed by atoms with Crippen molar-refractivity contribution in [3.63, 3.8) is 0 Å². The van der Waals surface area contributed by atoms with Gasteiger partial charge in [-0.2, -0.15) is 5.26 Å². The van der Waals surface area contributed by atoms with E-state index in [-0.39, 0.29) is 6.04 Å². The zero-order valence-electron chi connectivity index (χ0n) is 9.53. The molecule has 80 valence electrons. The largest absolute Gasteiger partial charge is 0.305 e. The third-order valence-corrected chi connectivity index (χ3v) is 3.13. The Morgan fingerprint density at radius 3 is 2.79 bits per heavy atom. The Hall–Kier alpha value is -0.590. The van der Waals surface area contributed by atoms with Gasteiger partial charge in [-0.3, -0.25) is 4.90 Å². The Morgan fingerprint density at radius 1 is 1.57 bits per heavy atom. The summed E-state index contributed by atoms with van der Waals surface area (Å²) in [5.74, 6) is 0. The molecule has 0 radical (unpaired) electrons. The Morgan fingerprint density at radius 2 is 2.29 bits per heavy atom. The van der Waals surface area contributed by atoms with Crippen LogP contribution in [0.15, 0.2) is 0 Å². The lowest BCUT2D eigenvalue weighted by Crippen LogP contribution is -2.48. The predicted molar refractivity (Wildman–Crippen MR) is 58.0 cm³/mol.